The van der Waals surface area contributed by atoms with E-state index in [1.54, 1.807) is 5.57 Å². The molecule has 104 valence electrons. The summed E-state index contributed by atoms with van der Waals surface area (Å²) in [5, 5.41) is 3.44. The fourth-order valence-electron chi connectivity index (χ4n) is 2.73. The summed E-state index contributed by atoms with van der Waals surface area (Å²) >= 11 is 0. The second-order valence-corrected chi connectivity index (χ2v) is 5.16. The van der Waals surface area contributed by atoms with Crippen LogP contribution in [0.1, 0.15) is 50.6 Å². The molecule has 2 heteroatoms. The van der Waals surface area contributed by atoms with E-state index in [1.165, 1.54) is 31.2 Å². The lowest BCUT2D eigenvalue weighted by molar-refractivity contribution is 0.339. The summed E-state index contributed by atoms with van der Waals surface area (Å²) in [5.74, 6) is 0.970. The number of rotatable bonds is 6. The van der Waals surface area contributed by atoms with Gasteiger partial charge in [-0.3, -0.25) is 0 Å². The van der Waals surface area contributed by atoms with E-state index in [0.29, 0.717) is 6.04 Å². The van der Waals surface area contributed by atoms with E-state index in [9.17, 15) is 0 Å². The van der Waals surface area contributed by atoms with Gasteiger partial charge in [-0.1, -0.05) is 23.8 Å². The van der Waals surface area contributed by atoms with Crippen LogP contribution in [-0.4, -0.2) is 13.7 Å². The maximum absolute atomic E-state index is 5.59. The standard InChI is InChI=1S/C17H25NO/c1-3-19-16-11-7-10-15(13-16)17(18-2)12-14-8-5-4-6-9-14/h7-8,10-11,13,17-18H,3-6,9,12H2,1-2H3. The molecule has 1 aliphatic rings. The number of hydrogen-bond acceptors (Lipinski definition) is 2. The molecule has 1 aromatic rings. The zero-order valence-corrected chi connectivity index (χ0v) is 12.1. The topological polar surface area (TPSA) is 21.3 Å². The summed E-state index contributed by atoms with van der Waals surface area (Å²) in [7, 11) is 2.04. The molecule has 0 radical (unpaired) electrons. The molecule has 0 saturated carbocycles. The monoisotopic (exact) mass is 259 g/mol. The Hall–Kier alpha value is -1.28. The first-order valence-electron chi connectivity index (χ1n) is 7.41. The Balaban J connectivity index is 2.07. The number of nitrogens with one attached hydrogen (secondary N) is 1. The molecular formula is C17H25NO. The van der Waals surface area contributed by atoms with Crippen molar-refractivity contribution in [3.63, 3.8) is 0 Å². The van der Waals surface area contributed by atoms with Crippen LogP contribution in [0.3, 0.4) is 0 Å². The van der Waals surface area contributed by atoms with Crippen molar-refractivity contribution < 1.29 is 4.74 Å². The Morgan fingerprint density at radius 1 is 1.32 bits per heavy atom. The van der Waals surface area contributed by atoms with Crippen LogP contribution in [0.25, 0.3) is 0 Å². The first kappa shape index (κ1) is 14.1. The molecule has 0 aromatic heterocycles. The minimum absolute atomic E-state index is 0.393. The number of benzene rings is 1. The maximum Gasteiger partial charge on any atom is 0.119 e. The lowest BCUT2D eigenvalue weighted by Gasteiger charge is -2.21. The summed E-state index contributed by atoms with van der Waals surface area (Å²) in [6.45, 7) is 2.74. The lowest BCUT2D eigenvalue weighted by atomic mass is 9.91. The molecule has 1 aromatic carbocycles. The fourth-order valence-corrected chi connectivity index (χ4v) is 2.73. The van der Waals surface area contributed by atoms with Crippen molar-refractivity contribution in [1.29, 1.82) is 0 Å². The van der Waals surface area contributed by atoms with E-state index in [-0.39, 0.29) is 0 Å². The average Bonchev–Trinajstić information content (AvgIpc) is 2.46. The summed E-state index contributed by atoms with van der Waals surface area (Å²) in [6.07, 6.45) is 8.77. The number of ether oxygens (including phenoxy) is 1. The third-order valence-electron chi connectivity index (χ3n) is 3.77. The van der Waals surface area contributed by atoms with Crippen molar-refractivity contribution in [3.8, 4) is 5.75 Å². The lowest BCUT2D eigenvalue weighted by Crippen LogP contribution is -2.17. The van der Waals surface area contributed by atoms with Gasteiger partial charge in [0.1, 0.15) is 5.75 Å². The Bertz CT molecular complexity index is 425. The average molecular weight is 259 g/mol. The molecular weight excluding hydrogens is 234 g/mol. The zero-order valence-electron chi connectivity index (χ0n) is 12.1. The van der Waals surface area contributed by atoms with Crippen LogP contribution < -0.4 is 10.1 Å². The minimum atomic E-state index is 0.393. The summed E-state index contributed by atoms with van der Waals surface area (Å²) < 4.78 is 5.59. The van der Waals surface area contributed by atoms with Gasteiger partial charge in [0.2, 0.25) is 0 Å². The number of allylic oxidation sites excluding steroid dienone is 1. The van der Waals surface area contributed by atoms with Crippen molar-refractivity contribution in [1.82, 2.24) is 5.32 Å². The summed E-state index contributed by atoms with van der Waals surface area (Å²) in [4.78, 5) is 0. The molecule has 19 heavy (non-hydrogen) atoms. The molecule has 1 atom stereocenters. The molecule has 1 N–H and O–H groups in total. The maximum atomic E-state index is 5.59. The second kappa shape index (κ2) is 7.34. The van der Waals surface area contributed by atoms with Gasteiger partial charge in [0.15, 0.2) is 0 Å². The van der Waals surface area contributed by atoms with Gasteiger partial charge in [-0.05, 0) is 63.8 Å². The van der Waals surface area contributed by atoms with Gasteiger partial charge in [-0.25, -0.2) is 0 Å². The van der Waals surface area contributed by atoms with Crippen LogP contribution in [-0.2, 0) is 0 Å². The van der Waals surface area contributed by atoms with E-state index in [4.69, 9.17) is 4.74 Å². The number of hydrogen-bond donors (Lipinski definition) is 1. The van der Waals surface area contributed by atoms with Gasteiger partial charge < -0.3 is 10.1 Å². The zero-order chi connectivity index (χ0) is 13.5. The smallest absolute Gasteiger partial charge is 0.119 e. The Morgan fingerprint density at radius 3 is 2.89 bits per heavy atom. The third-order valence-corrected chi connectivity index (χ3v) is 3.77. The van der Waals surface area contributed by atoms with E-state index >= 15 is 0 Å². The van der Waals surface area contributed by atoms with Crippen LogP contribution in [0.4, 0.5) is 0 Å². The largest absolute Gasteiger partial charge is 0.494 e. The molecule has 2 rings (SSSR count). The van der Waals surface area contributed by atoms with Gasteiger partial charge in [0.25, 0.3) is 0 Å². The first-order chi connectivity index (χ1) is 9.33. The molecule has 1 unspecified atom stereocenters. The van der Waals surface area contributed by atoms with E-state index < -0.39 is 0 Å². The Kier molecular flexibility index (Phi) is 5.46. The van der Waals surface area contributed by atoms with Crippen LogP contribution in [0.2, 0.25) is 0 Å². The molecule has 0 aliphatic heterocycles. The second-order valence-electron chi connectivity index (χ2n) is 5.16. The minimum Gasteiger partial charge on any atom is -0.494 e. The van der Waals surface area contributed by atoms with Crippen LogP contribution >= 0.6 is 0 Å². The third kappa shape index (κ3) is 4.10. The van der Waals surface area contributed by atoms with Crippen molar-refractivity contribution in [2.45, 2.75) is 45.1 Å². The van der Waals surface area contributed by atoms with Gasteiger partial charge in [-0.15, -0.1) is 0 Å². The predicted octanol–water partition coefficient (Wildman–Crippen LogP) is 4.24. The van der Waals surface area contributed by atoms with Crippen molar-refractivity contribution in [2.75, 3.05) is 13.7 Å². The normalized spacial score (nSPS) is 16.8. The summed E-state index contributed by atoms with van der Waals surface area (Å²) in [6, 6.07) is 8.85. The van der Waals surface area contributed by atoms with Crippen LogP contribution in [0.15, 0.2) is 35.9 Å². The highest BCUT2D eigenvalue weighted by Gasteiger charge is 2.13. The molecule has 2 nitrogen and oxygen atoms in total. The summed E-state index contributed by atoms with van der Waals surface area (Å²) in [5.41, 5.74) is 2.92. The highest BCUT2D eigenvalue weighted by atomic mass is 16.5. The van der Waals surface area contributed by atoms with Crippen molar-refractivity contribution >= 4 is 0 Å². The highest BCUT2D eigenvalue weighted by molar-refractivity contribution is 5.31. The van der Waals surface area contributed by atoms with E-state index in [1.807, 2.05) is 20.0 Å². The van der Waals surface area contributed by atoms with Crippen LogP contribution in [0, 0.1) is 0 Å². The van der Waals surface area contributed by atoms with Gasteiger partial charge in [-0.2, -0.15) is 0 Å². The Labute approximate surface area is 116 Å². The van der Waals surface area contributed by atoms with Crippen molar-refractivity contribution in [3.05, 3.63) is 41.5 Å². The predicted molar refractivity (Wildman–Crippen MR) is 80.6 cm³/mol. The molecule has 0 amide bonds. The molecule has 0 saturated heterocycles. The Morgan fingerprint density at radius 2 is 2.21 bits per heavy atom. The molecule has 0 spiro atoms. The quantitative estimate of drug-likeness (QED) is 0.772. The first-order valence-corrected chi connectivity index (χ1v) is 7.41. The van der Waals surface area contributed by atoms with Gasteiger partial charge >= 0.3 is 0 Å². The molecule has 0 bridgehead atoms. The molecule has 0 fully saturated rings. The SMILES string of the molecule is CCOc1cccc(C(CC2=CCCCC2)NC)c1. The van der Waals surface area contributed by atoms with Crippen molar-refractivity contribution in [2.24, 2.45) is 0 Å². The van der Waals surface area contributed by atoms with E-state index in [2.05, 4.69) is 29.6 Å². The van der Waals surface area contributed by atoms with Gasteiger partial charge in [0, 0.05) is 6.04 Å². The van der Waals surface area contributed by atoms with Crippen LogP contribution in [0.5, 0.6) is 5.75 Å². The fraction of sp³-hybridized carbons (Fsp3) is 0.529. The highest BCUT2D eigenvalue weighted by Crippen LogP contribution is 2.28. The molecule has 0 heterocycles. The van der Waals surface area contributed by atoms with Gasteiger partial charge in [0.05, 0.1) is 6.61 Å². The molecule has 1 aliphatic carbocycles. The van der Waals surface area contributed by atoms with E-state index in [0.717, 1.165) is 18.8 Å².